The predicted molar refractivity (Wildman–Crippen MR) is 96.5 cm³/mol. The van der Waals surface area contributed by atoms with Crippen LogP contribution in [0.15, 0.2) is 24.3 Å². The molecule has 0 aliphatic heterocycles. The Bertz CT molecular complexity index is 570. The van der Waals surface area contributed by atoms with E-state index in [1.165, 1.54) is 19.3 Å². The van der Waals surface area contributed by atoms with Gasteiger partial charge in [0, 0.05) is 18.8 Å². The van der Waals surface area contributed by atoms with E-state index in [2.05, 4.69) is 10.6 Å². The molecular weight excluding hydrogens is 320 g/mol. The summed E-state index contributed by atoms with van der Waals surface area (Å²) < 4.78 is 5.31. The lowest BCUT2D eigenvalue weighted by Crippen LogP contribution is -2.38. The summed E-state index contributed by atoms with van der Waals surface area (Å²) >= 11 is 0. The molecule has 1 aliphatic rings. The Balaban J connectivity index is 1.85. The second-order valence-electron chi connectivity index (χ2n) is 6.49. The molecule has 0 spiro atoms. The summed E-state index contributed by atoms with van der Waals surface area (Å²) in [5, 5.41) is 14.8. The number of ether oxygens (including phenoxy) is 1. The average Bonchev–Trinajstić information content (AvgIpc) is 2.65. The normalized spacial score (nSPS) is 16.1. The molecule has 3 N–H and O–H groups in total. The van der Waals surface area contributed by atoms with Gasteiger partial charge < -0.3 is 20.5 Å². The van der Waals surface area contributed by atoms with E-state index in [-0.39, 0.29) is 12.5 Å². The van der Waals surface area contributed by atoms with Gasteiger partial charge in [0.1, 0.15) is 0 Å². The van der Waals surface area contributed by atoms with E-state index in [1.807, 2.05) is 0 Å². The molecule has 0 aromatic heterocycles. The zero-order valence-electron chi connectivity index (χ0n) is 14.8. The number of nitrogens with one attached hydrogen (secondary N) is 2. The van der Waals surface area contributed by atoms with Crippen molar-refractivity contribution in [2.75, 3.05) is 25.0 Å². The molecule has 0 heterocycles. The number of carbonyl (C=O) groups is 2. The van der Waals surface area contributed by atoms with Crippen LogP contribution in [0.4, 0.5) is 5.69 Å². The number of benzene rings is 1. The average molecular weight is 348 g/mol. The van der Waals surface area contributed by atoms with E-state index < -0.39 is 12.1 Å². The number of aliphatic hydroxyl groups excluding tert-OH is 1. The standard InChI is InChI=1S/C19H28N2O4/c1-14(18(23)21-13-15-7-3-2-4-8-15)25-19(24)16-9-5-6-10-17(16)20-11-12-22/h5-6,9-10,14-15,20,22H,2-4,7-8,11-13H2,1H3,(H,21,23)/t14-/m1/s1. The molecular formula is C19H28N2O4. The minimum atomic E-state index is -0.845. The smallest absolute Gasteiger partial charge is 0.341 e. The summed E-state index contributed by atoms with van der Waals surface area (Å²) in [7, 11) is 0. The number of esters is 1. The lowest BCUT2D eigenvalue weighted by molar-refractivity contribution is -0.129. The lowest BCUT2D eigenvalue weighted by Gasteiger charge is -2.22. The van der Waals surface area contributed by atoms with Gasteiger partial charge in [0.25, 0.3) is 5.91 Å². The van der Waals surface area contributed by atoms with Crippen LogP contribution in [0.1, 0.15) is 49.4 Å². The van der Waals surface area contributed by atoms with E-state index in [1.54, 1.807) is 31.2 Å². The third kappa shape index (κ3) is 6.05. The quantitative estimate of drug-likeness (QED) is 0.628. The maximum absolute atomic E-state index is 12.3. The predicted octanol–water partition coefficient (Wildman–Crippen LogP) is 2.33. The molecule has 0 saturated heterocycles. The highest BCUT2D eigenvalue weighted by atomic mass is 16.5. The van der Waals surface area contributed by atoms with Gasteiger partial charge in [0.15, 0.2) is 6.10 Å². The largest absolute Gasteiger partial charge is 0.449 e. The number of rotatable bonds is 8. The summed E-state index contributed by atoms with van der Waals surface area (Å²) in [5.74, 6) is -0.287. The molecule has 1 aliphatic carbocycles. The Morgan fingerprint density at radius 1 is 1.24 bits per heavy atom. The summed E-state index contributed by atoms with van der Waals surface area (Å²) in [6.45, 7) is 2.53. The second kappa shape index (κ2) is 10.0. The van der Waals surface area contributed by atoms with Gasteiger partial charge in [-0.25, -0.2) is 4.79 Å². The van der Waals surface area contributed by atoms with Crippen LogP contribution in [0.2, 0.25) is 0 Å². The van der Waals surface area contributed by atoms with Crippen LogP contribution in [0.3, 0.4) is 0 Å². The summed E-state index contributed by atoms with van der Waals surface area (Å²) in [5.41, 5.74) is 0.930. The lowest BCUT2D eigenvalue weighted by atomic mass is 9.89. The maximum atomic E-state index is 12.3. The van der Waals surface area contributed by atoms with Crippen molar-refractivity contribution in [3.05, 3.63) is 29.8 Å². The van der Waals surface area contributed by atoms with Crippen LogP contribution in [-0.4, -0.2) is 42.8 Å². The molecule has 1 atom stereocenters. The Hall–Kier alpha value is -2.08. The molecule has 1 amide bonds. The number of amides is 1. The maximum Gasteiger partial charge on any atom is 0.341 e. The van der Waals surface area contributed by atoms with E-state index in [0.29, 0.717) is 30.3 Å². The van der Waals surface area contributed by atoms with Crippen LogP contribution in [-0.2, 0) is 9.53 Å². The summed E-state index contributed by atoms with van der Waals surface area (Å²) in [6.07, 6.45) is 5.19. The fourth-order valence-electron chi connectivity index (χ4n) is 3.06. The Morgan fingerprint density at radius 2 is 1.96 bits per heavy atom. The van der Waals surface area contributed by atoms with Crippen LogP contribution < -0.4 is 10.6 Å². The molecule has 138 valence electrons. The van der Waals surface area contributed by atoms with Gasteiger partial charge in [-0.3, -0.25) is 4.79 Å². The fraction of sp³-hybridized carbons (Fsp3) is 0.579. The van der Waals surface area contributed by atoms with Crippen molar-refractivity contribution < 1.29 is 19.4 Å². The van der Waals surface area contributed by atoms with Gasteiger partial charge in [0.05, 0.1) is 12.2 Å². The Kier molecular flexibility index (Phi) is 7.73. The van der Waals surface area contributed by atoms with E-state index in [9.17, 15) is 9.59 Å². The van der Waals surface area contributed by atoms with Crippen molar-refractivity contribution in [2.24, 2.45) is 5.92 Å². The van der Waals surface area contributed by atoms with Crippen molar-refractivity contribution in [3.8, 4) is 0 Å². The molecule has 25 heavy (non-hydrogen) atoms. The molecule has 6 heteroatoms. The molecule has 1 aromatic carbocycles. The number of anilines is 1. The second-order valence-corrected chi connectivity index (χ2v) is 6.49. The molecule has 0 unspecified atom stereocenters. The van der Waals surface area contributed by atoms with Gasteiger partial charge in [-0.2, -0.15) is 0 Å². The first-order chi connectivity index (χ1) is 12.1. The number of hydrogen-bond donors (Lipinski definition) is 3. The third-order valence-corrected chi connectivity index (χ3v) is 4.52. The van der Waals surface area contributed by atoms with Gasteiger partial charge in [-0.05, 0) is 37.8 Å². The number of carbonyl (C=O) groups excluding carboxylic acids is 2. The number of aliphatic hydroxyl groups is 1. The number of hydrogen-bond acceptors (Lipinski definition) is 5. The van der Waals surface area contributed by atoms with Gasteiger partial charge in [-0.15, -0.1) is 0 Å². The van der Waals surface area contributed by atoms with Crippen molar-refractivity contribution in [1.29, 1.82) is 0 Å². The molecule has 0 bridgehead atoms. The fourth-order valence-corrected chi connectivity index (χ4v) is 3.06. The van der Waals surface area contributed by atoms with Gasteiger partial charge in [-0.1, -0.05) is 31.4 Å². The number of para-hydroxylation sites is 1. The first-order valence-electron chi connectivity index (χ1n) is 9.04. The van der Waals surface area contributed by atoms with Crippen LogP contribution in [0, 0.1) is 5.92 Å². The van der Waals surface area contributed by atoms with E-state index in [0.717, 1.165) is 12.8 Å². The molecule has 0 radical (unpaired) electrons. The zero-order chi connectivity index (χ0) is 18.1. The highest BCUT2D eigenvalue weighted by Gasteiger charge is 2.22. The topological polar surface area (TPSA) is 87.7 Å². The van der Waals surface area contributed by atoms with Gasteiger partial charge in [0.2, 0.25) is 0 Å². The SMILES string of the molecule is C[C@@H](OC(=O)c1ccccc1NCCO)C(=O)NCC1CCCCC1. The Morgan fingerprint density at radius 3 is 2.68 bits per heavy atom. The molecule has 1 aromatic rings. The van der Waals surface area contributed by atoms with Crippen molar-refractivity contribution >= 4 is 17.6 Å². The summed E-state index contributed by atoms with van der Waals surface area (Å²) in [6, 6.07) is 6.89. The monoisotopic (exact) mass is 348 g/mol. The van der Waals surface area contributed by atoms with Crippen LogP contribution >= 0.6 is 0 Å². The first-order valence-corrected chi connectivity index (χ1v) is 9.04. The molecule has 1 saturated carbocycles. The Labute approximate surface area is 149 Å². The van der Waals surface area contributed by atoms with Crippen LogP contribution in [0.5, 0.6) is 0 Å². The van der Waals surface area contributed by atoms with Crippen LogP contribution in [0.25, 0.3) is 0 Å². The van der Waals surface area contributed by atoms with Crippen molar-refractivity contribution in [2.45, 2.75) is 45.1 Å². The molecule has 1 fully saturated rings. The van der Waals surface area contributed by atoms with E-state index >= 15 is 0 Å². The van der Waals surface area contributed by atoms with Crippen molar-refractivity contribution in [1.82, 2.24) is 5.32 Å². The third-order valence-electron chi connectivity index (χ3n) is 4.52. The van der Waals surface area contributed by atoms with Gasteiger partial charge >= 0.3 is 5.97 Å². The molecule has 2 rings (SSSR count). The minimum Gasteiger partial charge on any atom is -0.449 e. The summed E-state index contributed by atoms with van der Waals surface area (Å²) in [4.78, 5) is 24.5. The zero-order valence-corrected chi connectivity index (χ0v) is 14.8. The minimum absolute atomic E-state index is 0.0383. The molecule has 6 nitrogen and oxygen atoms in total. The van der Waals surface area contributed by atoms with Crippen molar-refractivity contribution in [3.63, 3.8) is 0 Å². The first kappa shape index (κ1) is 19.2. The highest BCUT2D eigenvalue weighted by Crippen LogP contribution is 2.22. The highest BCUT2D eigenvalue weighted by molar-refractivity contribution is 5.97. The van der Waals surface area contributed by atoms with E-state index in [4.69, 9.17) is 9.84 Å².